The smallest absolute Gasteiger partial charge is 0.322 e. The van der Waals surface area contributed by atoms with Gasteiger partial charge in [0.1, 0.15) is 12.6 Å². The number of halogens is 2. The lowest BCUT2D eigenvalue weighted by atomic mass is 10.1. The lowest BCUT2D eigenvalue weighted by Crippen LogP contribution is -2.45. The van der Waals surface area contributed by atoms with Crippen molar-refractivity contribution in [2.45, 2.75) is 19.5 Å². The molecular formula is C17H14F2N6O2. The molecule has 10 heteroatoms. The highest BCUT2D eigenvalue weighted by molar-refractivity contribution is 5.94. The second kappa shape index (κ2) is 7.33. The molecule has 2 N–H and O–H groups in total. The maximum absolute atomic E-state index is 13.9. The van der Waals surface area contributed by atoms with E-state index in [1.807, 2.05) is 6.07 Å². The summed E-state index contributed by atoms with van der Waals surface area (Å²) in [5, 5.41) is 13.8. The summed E-state index contributed by atoms with van der Waals surface area (Å²) >= 11 is 0. The first-order valence-corrected chi connectivity index (χ1v) is 7.93. The molecule has 2 aromatic rings. The Morgan fingerprint density at radius 3 is 2.85 bits per heavy atom. The van der Waals surface area contributed by atoms with Crippen molar-refractivity contribution < 1.29 is 18.4 Å². The minimum Gasteiger partial charge on any atom is -0.346 e. The molecule has 138 valence electrons. The fourth-order valence-corrected chi connectivity index (χ4v) is 2.60. The van der Waals surface area contributed by atoms with Crippen molar-refractivity contribution in [3.8, 4) is 6.07 Å². The van der Waals surface area contributed by atoms with Crippen LogP contribution in [0.5, 0.6) is 0 Å². The lowest BCUT2D eigenvalue weighted by Gasteiger charge is -2.29. The van der Waals surface area contributed by atoms with Crippen molar-refractivity contribution in [1.29, 1.82) is 5.26 Å². The van der Waals surface area contributed by atoms with Crippen molar-refractivity contribution in [2.75, 3.05) is 11.9 Å². The standard InChI is InChI=1S/C17H14F2N6O2/c1-9(14-6-21-10(4-20)5-22-14)23-15(26)8-25-7-11-13(24-17(25)27)3-2-12(18)16(11)19/h2-3,5-6,9H,7-8H2,1H3,(H,23,26)(H,24,27)/t9-/m0/s1. The van der Waals surface area contributed by atoms with Gasteiger partial charge in [0.2, 0.25) is 5.91 Å². The van der Waals surface area contributed by atoms with Gasteiger partial charge in [-0.15, -0.1) is 0 Å². The van der Waals surface area contributed by atoms with Crippen LogP contribution >= 0.6 is 0 Å². The van der Waals surface area contributed by atoms with Gasteiger partial charge in [0, 0.05) is 5.56 Å². The second-order valence-electron chi connectivity index (χ2n) is 5.90. The highest BCUT2D eigenvalue weighted by atomic mass is 19.2. The predicted octanol–water partition coefficient (Wildman–Crippen LogP) is 1.85. The summed E-state index contributed by atoms with van der Waals surface area (Å²) in [7, 11) is 0. The van der Waals surface area contributed by atoms with Crippen LogP contribution < -0.4 is 10.6 Å². The molecule has 27 heavy (non-hydrogen) atoms. The van der Waals surface area contributed by atoms with Crippen LogP contribution in [0.1, 0.15) is 29.9 Å². The SMILES string of the molecule is C[C@H](NC(=O)CN1Cc2c(ccc(F)c2F)NC1=O)c1cnc(C#N)cn1. The second-order valence-corrected chi connectivity index (χ2v) is 5.90. The van der Waals surface area contributed by atoms with Crippen molar-refractivity contribution in [3.05, 3.63) is 53.1 Å². The van der Waals surface area contributed by atoms with E-state index < -0.39 is 29.6 Å². The van der Waals surface area contributed by atoms with E-state index in [1.165, 1.54) is 18.5 Å². The number of nitrogens with one attached hydrogen (secondary N) is 2. The number of carbonyl (C=O) groups excluding carboxylic acids is 2. The van der Waals surface area contributed by atoms with Gasteiger partial charge in [0.15, 0.2) is 17.3 Å². The molecule has 0 spiro atoms. The van der Waals surface area contributed by atoms with E-state index in [-0.39, 0.29) is 30.0 Å². The molecule has 0 saturated carbocycles. The first-order chi connectivity index (χ1) is 12.9. The molecule has 1 atom stereocenters. The van der Waals surface area contributed by atoms with E-state index in [0.29, 0.717) is 5.69 Å². The van der Waals surface area contributed by atoms with Crippen LogP contribution in [0, 0.1) is 23.0 Å². The van der Waals surface area contributed by atoms with Crippen LogP contribution in [0.4, 0.5) is 19.3 Å². The summed E-state index contributed by atoms with van der Waals surface area (Å²) in [5.74, 6) is -2.59. The van der Waals surface area contributed by atoms with Gasteiger partial charge < -0.3 is 15.5 Å². The number of carbonyl (C=O) groups is 2. The first kappa shape index (κ1) is 18.2. The van der Waals surface area contributed by atoms with Gasteiger partial charge in [0.25, 0.3) is 0 Å². The molecule has 0 saturated heterocycles. The molecule has 3 amide bonds. The van der Waals surface area contributed by atoms with Gasteiger partial charge in [-0.25, -0.2) is 18.6 Å². The van der Waals surface area contributed by atoms with Crippen molar-refractivity contribution >= 4 is 17.6 Å². The Hall–Kier alpha value is -3.61. The molecule has 0 unspecified atom stereocenters. The van der Waals surface area contributed by atoms with Crippen molar-refractivity contribution in [2.24, 2.45) is 0 Å². The number of benzene rings is 1. The Morgan fingerprint density at radius 2 is 2.19 bits per heavy atom. The van der Waals surface area contributed by atoms with Gasteiger partial charge in [-0.3, -0.25) is 9.78 Å². The van der Waals surface area contributed by atoms with Crippen LogP contribution in [-0.2, 0) is 11.3 Å². The Bertz CT molecular complexity index is 942. The van der Waals surface area contributed by atoms with E-state index in [9.17, 15) is 18.4 Å². The van der Waals surface area contributed by atoms with Gasteiger partial charge in [-0.05, 0) is 19.1 Å². The molecule has 0 bridgehead atoms. The molecule has 8 nitrogen and oxygen atoms in total. The van der Waals surface area contributed by atoms with Gasteiger partial charge in [0.05, 0.1) is 36.4 Å². The number of nitrogens with zero attached hydrogens (tertiary/aromatic N) is 4. The van der Waals surface area contributed by atoms with Gasteiger partial charge >= 0.3 is 6.03 Å². The third-order valence-corrected chi connectivity index (χ3v) is 4.02. The minimum atomic E-state index is -1.06. The molecule has 2 heterocycles. The molecule has 1 aromatic heterocycles. The highest BCUT2D eigenvalue weighted by Gasteiger charge is 2.28. The number of hydrogen-bond donors (Lipinski definition) is 2. The average Bonchev–Trinajstić information content (AvgIpc) is 2.66. The first-order valence-electron chi connectivity index (χ1n) is 7.93. The summed E-state index contributed by atoms with van der Waals surface area (Å²) in [6.07, 6.45) is 2.65. The zero-order valence-corrected chi connectivity index (χ0v) is 14.2. The van der Waals surface area contributed by atoms with E-state index in [1.54, 1.807) is 6.92 Å². The van der Waals surface area contributed by atoms with E-state index in [2.05, 4.69) is 20.6 Å². The maximum Gasteiger partial charge on any atom is 0.322 e. The fourth-order valence-electron chi connectivity index (χ4n) is 2.60. The number of rotatable bonds is 4. The topological polar surface area (TPSA) is 111 Å². The predicted molar refractivity (Wildman–Crippen MR) is 89.1 cm³/mol. The number of anilines is 1. The maximum atomic E-state index is 13.9. The van der Waals surface area contributed by atoms with Crippen LogP contribution in [0.2, 0.25) is 0 Å². The molecule has 0 radical (unpaired) electrons. The molecule has 3 rings (SSSR count). The third-order valence-electron chi connectivity index (χ3n) is 4.02. The monoisotopic (exact) mass is 372 g/mol. The Kier molecular flexibility index (Phi) is 4.94. The van der Waals surface area contributed by atoms with Crippen LogP contribution in [0.25, 0.3) is 0 Å². The largest absolute Gasteiger partial charge is 0.346 e. The molecule has 1 aliphatic rings. The van der Waals surface area contributed by atoms with Gasteiger partial charge in [-0.2, -0.15) is 5.26 Å². The number of urea groups is 1. The van der Waals surface area contributed by atoms with E-state index in [4.69, 9.17) is 5.26 Å². The summed E-state index contributed by atoms with van der Waals surface area (Å²) < 4.78 is 27.3. The van der Waals surface area contributed by atoms with E-state index >= 15 is 0 Å². The van der Waals surface area contributed by atoms with Gasteiger partial charge in [-0.1, -0.05) is 0 Å². The van der Waals surface area contributed by atoms with Crippen molar-refractivity contribution in [1.82, 2.24) is 20.2 Å². The number of hydrogen-bond acceptors (Lipinski definition) is 5. The molecule has 1 aromatic carbocycles. The highest BCUT2D eigenvalue weighted by Crippen LogP contribution is 2.27. The zero-order valence-electron chi connectivity index (χ0n) is 14.2. The summed E-state index contributed by atoms with van der Waals surface area (Å²) in [6, 6.07) is 2.93. The van der Waals surface area contributed by atoms with Crippen molar-refractivity contribution in [3.63, 3.8) is 0 Å². The Balaban J connectivity index is 1.66. The number of nitriles is 1. The van der Waals surface area contributed by atoms with Crippen LogP contribution in [0.15, 0.2) is 24.5 Å². The zero-order chi connectivity index (χ0) is 19.6. The molecule has 0 fully saturated rings. The van der Waals surface area contributed by atoms with E-state index in [0.717, 1.165) is 11.0 Å². The number of aromatic nitrogens is 2. The normalized spacial score (nSPS) is 14.0. The minimum absolute atomic E-state index is 0.0200. The lowest BCUT2D eigenvalue weighted by molar-refractivity contribution is -0.122. The van der Waals surface area contributed by atoms with Crippen LogP contribution in [-0.4, -0.2) is 33.4 Å². The fraction of sp³-hybridized carbons (Fsp3) is 0.235. The van der Waals surface area contributed by atoms with Crippen LogP contribution in [0.3, 0.4) is 0 Å². The Morgan fingerprint density at radius 1 is 1.41 bits per heavy atom. The molecular weight excluding hydrogens is 358 g/mol. The molecule has 1 aliphatic heterocycles. The molecule has 0 aliphatic carbocycles. The summed E-state index contributed by atoms with van der Waals surface area (Å²) in [5.41, 5.74) is 0.740. The number of amides is 3. The third kappa shape index (κ3) is 3.82. The average molecular weight is 372 g/mol. The summed E-state index contributed by atoms with van der Waals surface area (Å²) in [6.45, 7) is 1.08. The number of fused-ring (bicyclic) bond motifs is 1. The Labute approximate surface area is 152 Å². The quantitative estimate of drug-likeness (QED) is 0.851. The summed E-state index contributed by atoms with van der Waals surface area (Å²) in [4.78, 5) is 33.3.